The van der Waals surface area contributed by atoms with Gasteiger partial charge in [-0.1, -0.05) is 17.7 Å². The fraction of sp³-hybridized carbons (Fsp3) is 0.571. The summed E-state index contributed by atoms with van der Waals surface area (Å²) in [6.45, 7) is 3.50. The van der Waals surface area contributed by atoms with Crippen LogP contribution in [0.3, 0.4) is 0 Å². The van der Waals surface area contributed by atoms with Crippen LogP contribution in [0.4, 0.5) is 0 Å². The molecule has 0 amide bonds. The monoisotopic (exact) mass is 380 g/mol. The molecule has 2 rings (SSSR count). The van der Waals surface area contributed by atoms with Gasteiger partial charge in [-0.05, 0) is 38.0 Å². The van der Waals surface area contributed by atoms with E-state index in [2.05, 4.69) is 0 Å². The third-order valence-electron chi connectivity index (χ3n) is 4.14. The average molecular weight is 381 g/mol. The van der Waals surface area contributed by atoms with Gasteiger partial charge in [0.2, 0.25) is 10.0 Å². The van der Waals surface area contributed by atoms with Crippen molar-refractivity contribution in [2.45, 2.75) is 30.7 Å². The van der Waals surface area contributed by atoms with E-state index in [4.69, 9.17) is 17.3 Å². The lowest BCUT2D eigenvalue weighted by Gasteiger charge is -2.36. The first-order valence-corrected chi connectivity index (χ1v) is 10.9. The van der Waals surface area contributed by atoms with Crippen LogP contribution in [0, 0.1) is 6.92 Å². The molecule has 9 heteroatoms. The summed E-state index contributed by atoms with van der Waals surface area (Å²) < 4.78 is 51.2. The molecule has 1 aliphatic heterocycles. The van der Waals surface area contributed by atoms with E-state index < -0.39 is 25.4 Å². The summed E-state index contributed by atoms with van der Waals surface area (Å²) in [7, 11) is -7.15. The topological polar surface area (TPSA) is 97.5 Å². The Morgan fingerprint density at radius 1 is 1.39 bits per heavy atom. The van der Waals surface area contributed by atoms with Gasteiger partial charge >= 0.3 is 0 Å². The molecule has 2 N–H and O–H groups in total. The van der Waals surface area contributed by atoms with Gasteiger partial charge in [-0.2, -0.15) is 4.31 Å². The molecule has 0 radical (unpaired) electrons. The van der Waals surface area contributed by atoms with E-state index in [1.165, 1.54) is 10.4 Å². The zero-order valence-electron chi connectivity index (χ0n) is 13.1. The van der Waals surface area contributed by atoms with Crippen LogP contribution >= 0.6 is 11.6 Å². The summed E-state index contributed by atoms with van der Waals surface area (Å²) in [5.41, 5.74) is 5.15. The molecule has 1 saturated heterocycles. The van der Waals surface area contributed by atoms with Crippen molar-refractivity contribution in [2.75, 3.05) is 24.6 Å². The van der Waals surface area contributed by atoms with E-state index in [-0.39, 0.29) is 35.9 Å². The number of sulfonamides is 1. The lowest BCUT2D eigenvalue weighted by Crippen LogP contribution is -2.52. The normalized spacial score (nSPS) is 24.2. The highest BCUT2D eigenvalue weighted by Crippen LogP contribution is 2.35. The van der Waals surface area contributed by atoms with E-state index >= 15 is 0 Å². The molecule has 23 heavy (non-hydrogen) atoms. The van der Waals surface area contributed by atoms with Gasteiger partial charge in [0.25, 0.3) is 0 Å². The van der Waals surface area contributed by atoms with Gasteiger partial charge in [-0.15, -0.1) is 0 Å². The molecule has 1 aromatic carbocycles. The molecule has 130 valence electrons. The maximum Gasteiger partial charge on any atom is 0.243 e. The van der Waals surface area contributed by atoms with E-state index in [0.29, 0.717) is 10.6 Å². The van der Waals surface area contributed by atoms with Gasteiger partial charge in [0.1, 0.15) is 0 Å². The Bertz CT molecular complexity index is 808. The molecule has 0 spiro atoms. The Kier molecular flexibility index (Phi) is 5.13. The maximum atomic E-state index is 13.1. The molecule has 1 aromatic rings. The highest BCUT2D eigenvalue weighted by atomic mass is 35.5. The first kappa shape index (κ1) is 18.7. The number of aryl methyl sites for hydroxylation is 1. The average Bonchev–Trinajstić information content (AvgIpc) is 2.73. The number of hydrogen-bond donors (Lipinski definition) is 1. The summed E-state index contributed by atoms with van der Waals surface area (Å²) in [6, 6.07) is 4.64. The van der Waals surface area contributed by atoms with Crippen LogP contribution in [0.15, 0.2) is 23.1 Å². The molecule has 0 aliphatic carbocycles. The summed E-state index contributed by atoms with van der Waals surface area (Å²) in [5, 5.41) is 0.311. The minimum absolute atomic E-state index is 0.0192. The third-order valence-corrected chi connectivity index (χ3v) is 8.46. The molecule has 0 bridgehead atoms. The summed E-state index contributed by atoms with van der Waals surface area (Å²) in [6.07, 6.45) is 0.258. The molecule has 1 aliphatic rings. The zero-order chi connectivity index (χ0) is 17.5. The summed E-state index contributed by atoms with van der Waals surface area (Å²) >= 11 is 5.94. The predicted molar refractivity (Wildman–Crippen MR) is 90.8 cm³/mol. The fourth-order valence-corrected chi connectivity index (χ4v) is 7.49. The molecule has 1 atom stereocenters. The highest BCUT2D eigenvalue weighted by molar-refractivity contribution is 7.92. The number of nitrogens with two attached hydrogens (primary N) is 1. The van der Waals surface area contributed by atoms with Crippen LogP contribution in [-0.4, -0.2) is 51.3 Å². The molecule has 0 saturated carbocycles. The second-order valence-electron chi connectivity index (χ2n) is 6.11. The van der Waals surface area contributed by atoms with Crippen LogP contribution in [0.5, 0.6) is 0 Å². The minimum Gasteiger partial charge on any atom is -0.329 e. The van der Waals surface area contributed by atoms with Crippen molar-refractivity contribution >= 4 is 31.5 Å². The number of hydrogen-bond acceptors (Lipinski definition) is 5. The van der Waals surface area contributed by atoms with Crippen molar-refractivity contribution in [3.8, 4) is 0 Å². The van der Waals surface area contributed by atoms with Crippen LogP contribution < -0.4 is 5.73 Å². The quantitative estimate of drug-likeness (QED) is 0.826. The summed E-state index contributed by atoms with van der Waals surface area (Å²) in [4.78, 5) is 0.0870. The highest BCUT2D eigenvalue weighted by Gasteiger charge is 2.47. The Labute approximate surface area is 142 Å². The van der Waals surface area contributed by atoms with E-state index in [1.54, 1.807) is 26.0 Å². The van der Waals surface area contributed by atoms with Crippen LogP contribution in [-0.2, 0) is 19.9 Å². The number of rotatable bonds is 5. The number of nitrogens with zero attached hydrogens (tertiary/aromatic N) is 1. The molecule has 6 nitrogen and oxygen atoms in total. The van der Waals surface area contributed by atoms with Gasteiger partial charge in [0, 0.05) is 23.7 Å². The van der Waals surface area contributed by atoms with Crippen molar-refractivity contribution in [2.24, 2.45) is 5.73 Å². The van der Waals surface area contributed by atoms with Gasteiger partial charge in [-0.3, -0.25) is 0 Å². The van der Waals surface area contributed by atoms with Gasteiger partial charge in [0.15, 0.2) is 9.84 Å². The standard InChI is InChI=1S/C14H21ClN2O4S2/c1-11-3-4-12(15)9-13(11)23(20,21)17(7-6-16)14(2)5-8-22(18,19)10-14/h3-4,9H,5-8,10,16H2,1-2H3/t14-/m1/s1. The number of benzene rings is 1. The fourth-order valence-electron chi connectivity index (χ4n) is 2.96. The second-order valence-corrected chi connectivity index (χ2v) is 10.6. The van der Waals surface area contributed by atoms with Gasteiger partial charge in [-0.25, -0.2) is 16.8 Å². The van der Waals surface area contributed by atoms with Crippen molar-refractivity contribution < 1.29 is 16.8 Å². The third kappa shape index (κ3) is 3.71. The maximum absolute atomic E-state index is 13.1. The Morgan fingerprint density at radius 3 is 2.57 bits per heavy atom. The van der Waals surface area contributed by atoms with Crippen molar-refractivity contribution in [3.05, 3.63) is 28.8 Å². The van der Waals surface area contributed by atoms with Gasteiger partial charge < -0.3 is 5.73 Å². The molecule has 1 fully saturated rings. The van der Waals surface area contributed by atoms with Gasteiger partial charge in [0.05, 0.1) is 16.4 Å². The molecule has 1 heterocycles. The Morgan fingerprint density at radius 2 is 2.04 bits per heavy atom. The Balaban J connectivity index is 2.54. The smallest absolute Gasteiger partial charge is 0.243 e. The van der Waals surface area contributed by atoms with Crippen molar-refractivity contribution in [1.82, 2.24) is 4.31 Å². The van der Waals surface area contributed by atoms with E-state index in [9.17, 15) is 16.8 Å². The minimum atomic E-state index is -3.90. The molecule has 0 unspecified atom stereocenters. The zero-order valence-corrected chi connectivity index (χ0v) is 15.5. The van der Waals surface area contributed by atoms with Crippen molar-refractivity contribution in [1.29, 1.82) is 0 Å². The SMILES string of the molecule is Cc1ccc(Cl)cc1S(=O)(=O)N(CCN)[C@]1(C)CCS(=O)(=O)C1. The number of sulfone groups is 1. The Hall–Kier alpha value is -0.670. The van der Waals surface area contributed by atoms with Crippen molar-refractivity contribution in [3.63, 3.8) is 0 Å². The van der Waals surface area contributed by atoms with Crippen LogP contribution in [0.2, 0.25) is 5.02 Å². The second kappa shape index (κ2) is 6.33. The molecular formula is C14H21ClN2O4S2. The molecule has 0 aromatic heterocycles. The first-order chi connectivity index (χ1) is 10.5. The lowest BCUT2D eigenvalue weighted by molar-refractivity contribution is 0.238. The number of halogens is 1. The van der Waals surface area contributed by atoms with Crippen LogP contribution in [0.1, 0.15) is 18.9 Å². The van der Waals surface area contributed by atoms with E-state index in [0.717, 1.165) is 0 Å². The summed E-state index contributed by atoms with van der Waals surface area (Å²) in [5.74, 6) is -0.215. The molecular weight excluding hydrogens is 360 g/mol. The van der Waals surface area contributed by atoms with Crippen LogP contribution in [0.25, 0.3) is 0 Å². The largest absolute Gasteiger partial charge is 0.329 e. The van der Waals surface area contributed by atoms with E-state index in [1.807, 2.05) is 0 Å². The first-order valence-electron chi connectivity index (χ1n) is 7.21. The predicted octanol–water partition coefficient (Wildman–Crippen LogP) is 1.18. The lowest BCUT2D eigenvalue weighted by atomic mass is 10.0.